The first kappa shape index (κ1) is 20.1. The molecule has 0 unspecified atom stereocenters. The molecule has 3 aromatic rings. The van der Waals surface area contributed by atoms with Gasteiger partial charge in [-0.3, -0.25) is 4.68 Å². The second-order valence-electron chi connectivity index (χ2n) is 8.52. The highest BCUT2D eigenvalue weighted by atomic mass is 19.1. The van der Waals surface area contributed by atoms with Gasteiger partial charge in [0.05, 0.1) is 11.1 Å². The van der Waals surface area contributed by atoms with Crippen LogP contribution in [-0.2, 0) is 16.9 Å². The lowest BCUT2D eigenvalue weighted by Gasteiger charge is -2.18. The Hall–Kier alpha value is -3.22. The predicted molar refractivity (Wildman–Crippen MR) is 113 cm³/mol. The number of pyridine rings is 1. The molecule has 0 spiro atoms. The molecular weight excluding hydrogens is 383 g/mol. The van der Waals surface area contributed by atoms with Crippen LogP contribution in [-0.4, -0.2) is 26.8 Å². The van der Waals surface area contributed by atoms with Crippen molar-refractivity contribution < 1.29 is 13.9 Å². The van der Waals surface area contributed by atoms with E-state index in [1.165, 1.54) is 0 Å². The van der Waals surface area contributed by atoms with Crippen molar-refractivity contribution in [1.82, 2.24) is 14.8 Å². The maximum absolute atomic E-state index is 14.9. The summed E-state index contributed by atoms with van der Waals surface area (Å²) in [5, 5.41) is 7.68. The summed E-state index contributed by atoms with van der Waals surface area (Å²) >= 11 is 0. The maximum Gasteiger partial charge on any atom is 0.342 e. The number of anilines is 1. The van der Waals surface area contributed by atoms with Crippen LogP contribution in [0.1, 0.15) is 49.5 Å². The average Bonchev–Trinajstić information content (AvgIpc) is 3.40. The first-order valence-corrected chi connectivity index (χ1v) is 10.1. The SMILES string of the molecule is CC(C)(C)n1cc(C(=O)OCc2ccccc2)c(-c2ccc(NC3CC3)nc2F)n1. The summed E-state index contributed by atoms with van der Waals surface area (Å²) in [7, 11) is 0. The summed E-state index contributed by atoms with van der Waals surface area (Å²) in [6.07, 6.45) is 3.75. The quantitative estimate of drug-likeness (QED) is 0.470. The molecule has 1 fully saturated rings. The number of nitrogens with one attached hydrogen (secondary N) is 1. The van der Waals surface area contributed by atoms with E-state index in [1.54, 1.807) is 23.0 Å². The third-order valence-corrected chi connectivity index (χ3v) is 4.87. The molecule has 1 N–H and O–H groups in total. The molecule has 0 radical (unpaired) electrons. The number of hydrogen-bond acceptors (Lipinski definition) is 5. The molecule has 2 aromatic heterocycles. The zero-order valence-electron chi connectivity index (χ0n) is 17.4. The summed E-state index contributed by atoms with van der Waals surface area (Å²) in [6, 6.07) is 13.1. The van der Waals surface area contributed by atoms with Gasteiger partial charge >= 0.3 is 5.97 Å². The summed E-state index contributed by atoms with van der Waals surface area (Å²) < 4.78 is 22.0. The molecule has 1 saturated carbocycles. The molecule has 156 valence electrons. The maximum atomic E-state index is 14.9. The Morgan fingerprint density at radius 2 is 1.93 bits per heavy atom. The van der Waals surface area contributed by atoms with E-state index >= 15 is 0 Å². The fourth-order valence-corrected chi connectivity index (χ4v) is 2.99. The summed E-state index contributed by atoms with van der Waals surface area (Å²) in [5.41, 5.74) is 1.10. The zero-order valence-corrected chi connectivity index (χ0v) is 17.4. The first-order chi connectivity index (χ1) is 14.3. The van der Waals surface area contributed by atoms with Crippen molar-refractivity contribution in [2.45, 2.75) is 51.8 Å². The fourth-order valence-electron chi connectivity index (χ4n) is 2.99. The Kier molecular flexibility index (Phi) is 5.28. The largest absolute Gasteiger partial charge is 0.457 e. The van der Waals surface area contributed by atoms with Gasteiger partial charge in [0.2, 0.25) is 5.95 Å². The normalized spacial score (nSPS) is 13.9. The Bertz CT molecular complexity index is 1050. The Morgan fingerprint density at radius 3 is 2.57 bits per heavy atom. The van der Waals surface area contributed by atoms with Crippen molar-refractivity contribution in [3.63, 3.8) is 0 Å². The molecule has 0 amide bonds. The summed E-state index contributed by atoms with van der Waals surface area (Å²) in [5.74, 6) is -0.733. The van der Waals surface area contributed by atoms with Crippen LogP contribution in [0.5, 0.6) is 0 Å². The molecule has 7 heteroatoms. The highest BCUT2D eigenvalue weighted by Gasteiger charge is 2.27. The van der Waals surface area contributed by atoms with Crippen molar-refractivity contribution in [3.05, 3.63) is 65.7 Å². The number of esters is 1. The van der Waals surface area contributed by atoms with Gasteiger partial charge in [-0.2, -0.15) is 9.49 Å². The van der Waals surface area contributed by atoms with Gasteiger partial charge in [-0.05, 0) is 51.3 Å². The lowest BCUT2D eigenvalue weighted by Crippen LogP contribution is -2.22. The Morgan fingerprint density at radius 1 is 1.20 bits per heavy atom. The second-order valence-corrected chi connectivity index (χ2v) is 8.52. The van der Waals surface area contributed by atoms with Gasteiger partial charge in [0.15, 0.2) is 0 Å². The number of rotatable bonds is 6. The van der Waals surface area contributed by atoms with Gasteiger partial charge in [0.25, 0.3) is 0 Å². The minimum Gasteiger partial charge on any atom is -0.457 e. The number of hydrogen-bond donors (Lipinski definition) is 1. The van der Waals surface area contributed by atoms with E-state index in [0.717, 1.165) is 18.4 Å². The molecule has 0 aliphatic heterocycles. The smallest absolute Gasteiger partial charge is 0.342 e. The van der Waals surface area contributed by atoms with Crippen LogP contribution in [0, 0.1) is 5.95 Å². The molecule has 1 aromatic carbocycles. The monoisotopic (exact) mass is 408 g/mol. The third-order valence-electron chi connectivity index (χ3n) is 4.87. The number of benzene rings is 1. The minimum absolute atomic E-state index is 0.130. The van der Waals surface area contributed by atoms with Crippen molar-refractivity contribution >= 4 is 11.8 Å². The fraction of sp³-hybridized carbons (Fsp3) is 0.348. The van der Waals surface area contributed by atoms with E-state index in [0.29, 0.717) is 11.9 Å². The highest BCUT2D eigenvalue weighted by Crippen LogP contribution is 2.30. The molecular formula is C23H25FN4O2. The van der Waals surface area contributed by atoms with E-state index in [1.807, 2.05) is 51.1 Å². The van der Waals surface area contributed by atoms with Crippen LogP contribution in [0.15, 0.2) is 48.7 Å². The number of carbonyl (C=O) groups is 1. The van der Waals surface area contributed by atoms with Gasteiger partial charge in [-0.15, -0.1) is 0 Å². The molecule has 0 bridgehead atoms. The lowest BCUT2D eigenvalue weighted by molar-refractivity contribution is 0.0473. The number of halogens is 1. The van der Waals surface area contributed by atoms with Crippen molar-refractivity contribution in [3.8, 4) is 11.3 Å². The second kappa shape index (κ2) is 7.89. The third kappa shape index (κ3) is 4.50. The molecule has 4 rings (SSSR count). The van der Waals surface area contributed by atoms with Crippen molar-refractivity contribution in [2.24, 2.45) is 0 Å². The van der Waals surface area contributed by atoms with Crippen LogP contribution < -0.4 is 5.32 Å². The van der Waals surface area contributed by atoms with Crippen LogP contribution in [0.2, 0.25) is 0 Å². The summed E-state index contributed by atoms with van der Waals surface area (Å²) in [4.78, 5) is 16.9. The van der Waals surface area contributed by atoms with Gasteiger partial charge in [0, 0.05) is 12.2 Å². The number of nitrogens with zero attached hydrogens (tertiary/aromatic N) is 3. The molecule has 30 heavy (non-hydrogen) atoms. The van der Waals surface area contributed by atoms with Crippen LogP contribution >= 0.6 is 0 Å². The Labute approximate surface area is 175 Å². The number of carbonyl (C=O) groups excluding carboxylic acids is 1. The average molecular weight is 408 g/mol. The number of aromatic nitrogens is 3. The standard InChI is InChI=1S/C23H25FN4O2/c1-23(2,3)28-13-18(22(29)30-14-15-7-5-4-6-8-15)20(27-28)17-11-12-19(26-21(17)24)25-16-9-10-16/h4-8,11-13,16H,9-10,14H2,1-3H3,(H,25,26). The van der Waals surface area contributed by atoms with E-state index in [2.05, 4.69) is 15.4 Å². The minimum atomic E-state index is -0.670. The first-order valence-electron chi connectivity index (χ1n) is 10.1. The summed E-state index contributed by atoms with van der Waals surface area (Å²) in [6.45, 7) is 6.01. The van der Waals surface area contributed by atoms with Crippen LogP contribution in [0.4, 0.5) is 10.2 Å². The van der Waals surface area contributed by atoms with E-state index in [4.69, 9.17) is 4.74 Å². The molecule has 1 aliphatic rings. The molecule has 0 atom stereocenters. The van der Waals surface area contributed by atoms with Crippen LogP contribution in [0.3, 0.4) is 0 Å². The van der Waals surface area contributed by atoms with E-state index in [-0.39, 0.29) is 29.0 Å². The lowest BCUT2D eigenvalue weighted by atomic mass is 10.1. The molecule has 1 aliphatic carbocycles. The van der Waals surface area contributed by atoms with Gasteiger partial charge in [-0.25, -0.2) is 9.78 Å². The van der Waals surface area contributed by atoms with Crippen LogP contribution in [0.25, 0.3) is 11.3 Å². The van der Waals surface area contributed by atoms with E-state index < -0.39 is 11.9 Å². The molecule has 6 nitrogen and oxygen atoms in total. The van der Waals surface area contributed by atoms with Gasteiger partial charge in [-0.1, -0.05) is 30.3 Å². The van der Waals surface area contributed by atoms with Crippen molar-refractivity contribution in [2.75, 3.05) is 5.32 Å². The molecule has 0 saturated heterocycles. The zero-order chi connectivity index (χ0) is 21.3. The predicted octanol–water partition coefficient (Wildman–Crippen LogP) is 4.77. The molecule has 2 heterocycles. The van der Waals surface area contributed by atoms with Crippen molar-refractivity contribution in [1.29, 1.82) is 0 Å². The van der Waals surface area contributed by atoms with E-state index in [9.17, 15) is 9.18 Å². The van der Waals surface area contributed by atoms with Gasteiger partial charge < -0.3 is 10.1 Å². The topological polar surface area (TPSA) is 69.0 Å². The highest BCUT2D eigenvalue weighted by molar-refractivity contribution is 5.96. The number of ether oxygens (including phenoxy) is 1. The Balaban J connectivity index is 1.64. The van der Waals surface area contributed by atoms with Gasteiger partial charge in [0.1, 0.15) is 23.7 Å².